The summed E-state index contributed by atoms with van der Waals surface area (Å²) in [6.07, 6.45) is 0. The van der Waals surface area contributed by atoms with E-state index in [0.717, 1.165) is 4.73 Å². The molecule has 1 aromatic carbocycles. The van der Waals surface area contributed by atoms with Crippen molar-refractivity contribution in [3.8, 4) is 0 Å². The molecule has 0 amide bonds. The van der Waals surface area contributed by atoms with Crippen LogP contribution in [0.4, 0.5) is 5.82 Å². The molecule has 0 unspecified atom stereocenters. The van der Waals surface area contributed by atoms with Crippen LogP contribution in [-0.4, -0.2) is 53.3 Å². The highest BCUT2D eigenvalue weighted by molar-refractivity contribution is 6.01. The third kappa shape index (κ3) is 2.29. The smallest absolute Gasteiger partial charge is 0.317 e. The van der Waals surface area contributed by atoms with Crippen LogP contribution in [0, 0.1) is 0 Å². The minimum atomic E-state index is -0.169. The van der Waals surface area contributed by atoms with Crippen molar-refractivity contribution in [2.75, 3.05) is 38.1 Å². The Hall–Kier alpha value is -2.64. The van der Waals surface area contributed by atoms with Crippen LogP contribution in [0.15, 0.2) is 41.2 Å². The standard InChI is InChI=1S/C17H19N4O3/c1-21(24)10-8-19(9-11-21)15-7-6-14-16(20(15)23)12-4-2-3-5-13(12)17(22)18-14/h2-7,24H,8-11H2,1H3,(H-,18,22,23)/q+1/p+1. The molecule has 24 heavy (non-hydrogen) atoms. The maximum atomic E-state index is 12.2. The lowest BCUT2D eigenvalue weighted by molar-refractivity contribution is -1.09. The molecule has 3 aromatic rings. The van der Waals surface area contributed by atoms with Crippen LogP contribution in [0.3, 0.4) is 0 Å². The summed E-state index contributed by atoms with van der Waals surface area (Å²) < 4.78 is 1.13. The van der Waals surface area contributed by atoms with Gasteiger partial charge in [-0.25, -0.2) is 10.1 Å². The molecule has 4 rings (SSSR count). The lowest BCUT2D eigenvalue weighted by Crippen LogP contribution is -2.57. The lowest BCUT2D eigenvalue weighted by atomic mass is 10.1. The van der Waals surface area contributed by atoms with Gasteiger partial charge in [0, 0.05) is 11.5 Å². The lowest BCUT2D eigenvalue weighted by Gasteiger charge is -2.32. The first-order chi connectivity index (χ1) is 11.5. The molecule has 2 aromatic heterocycles. The average molecular weight is 328 g/mol. The summed E-state index contributed by atoms with van der Waals surface area (Å²) in [7, 11) is 1.78. The fraction of sp³-hybridized carbons (Fsp3) is 0.294. The molecule has 0 aliphatic carbocycles. The van der Waals surface area contributed by atoms with Crippen LogP contribution in [0.1, 0.15) is 0 Å². The van der Waals surface area contributed by atoms with Gasteiger partial charge >= 0.3 is 5.82 Å². The summed E-state index contributed by atoms with van der Waals surface area (Å²) >= 11 is 0. The zero-order valence-corrected chi connectivity index (χ0v) is 13.4. The van der Waals surface area contributed by atoms with Crippen molar-refractivity contribution in [2.24, 2.45) is 0 Å². The Morgan fingerprint density at radius 1 is 1.12 bits per heavy atom. The van der Waals surface area contributed by atoms with Crippen LogP contribution in [0.5, 0.6) is 0 Å². The molecule has 1 aliphatic heterocycles. The molecule has 124 valence electrons. The number of benzene rings is 1. The molecule has 3 heterocycles. The van der Waals surface area contributed by atoms with Gasteiger partial charge in [0.2, 0.25) is 5.52 Å². The number of hydrogen-bond donors (Lipinski definition) is 3. The van der Waals surface area contributed by atoms with Crippen LogP contribution >= 0.6 is 0 Å². The van der Waals surface area contributed by atoms with Gasteiger partial charge in [-0.15, -0.1) is 0 Å². The molecule has 1 fully saturated rings. The van der Waals surface area contributed by atoms with Gasteiger partial charge in [-0.3, -0.25) is 4.79 Å². The van der Waals surface area contributed by atoms with Crippen LogP contribution in [0.2, 0.25) is 0 Å². The number of piperazine rings is 1. The number of hydrogen-bond acceptors (Lipinski definition) is 4. The summed E-state index contributed by atoms with van der Waals surface area (Å²) in [6, 6.07) is 10.8. The number of fused-ring (bicyclic) bond motifs is 3. The second-order valence-corrected chi connectivity index (χ2v) is 6.54. The zero-order valence-electron chi connectivity index (χ0n) is 13.4. The minimum Gasteiger partial charge on any atom is -0.349 e. The van der Waals surface area contributed by atoms with E-state index in [-0.39, 0.29) is 10.2 Å². The molecule has 7 nitrogen and oxygen atoms in total. The van der Waals surface area contributed by atoms with E-state index in [0.29, 0.717) is 53.8 Å². The molecular weight excluding hydrogens is 308 g/mol. The van der Waals surface area contributed by atoms with Crippen molar-refractivity contribution in [2.45, 2.75) is 0 Å². The average Bonchev–Trinajstić information content (AvgIpc) is 2.56. The van der Waals surface area contributed by atoms with Gasteiger partial charge in [0.15, 0.2) is 0 Å². The third-order valence-corrected chi connectivity index (χ3v) is 4.79. The molecule has 1 saturated heterocycles. The number of aromatic amines is 1. The molecule has 0 bridgehead atoms. The molecule has 0 spiro atoms. The third-order valence-electron chi connectivity index (χ3n) is 4.79. The van der Waals surface area contributed by atoms with E-state index in [1.54, 1.807) is 25.2 Å². The summed E-state index contributed by atoms with van der Waals surface area (Å²) in [5.41, 5.74) is 0.997. The van der Waals surface area contributed by atoms with Crippen LogP contribution < -0.4 is 15.2 Å². The molecule has 0 saturated carbocycles. The highest BCUT2D eigenvalue weighted by atomic mass is 16.5. The topological polar surface area (TPSA) is 80.4 Å². The second kappa shape index (κ2) is 5.19. The quantitative estimate of drug-likeness (QED) is 0.268. The van der Waals surface area contributed by atoms with Gasteiger partial charge in [-0.1, -0.05) is 12.1 Å². The number of aromatic nitrogens is 2. The van der Waals surface area contributed by atoms with Gasteiger partial charge in [0.25, 0.3) is 5.56 Å². The molecule has 0 radical (unpaired) electrons. The van der Waals surface area contributed by atoms with Crippen molar-refractivity contribution in [3.63, 3.8) is 0 Å². The highest BCUT2D eigenvalue weighted by Gasteiger charge is 2.34. The molecule has 3 N–H and O–H groups in total. The van der Waals surface area contributed by atoms with E-state index in [2.05, 4.69) is 4.98 Å². The number of quaternary nitrogens is 1. The number of pyridine rings is 2. The summed E-state index contributed by atoms with van der Waals surface area (Å²) in [6.45, 7) is 2.45. The number of H-pyrrole nitrogens is 1. The Morgan fingerprint density at radius 2 is 1.79 bits per heavy atom. The molecule has 0 atom stereocenters. The first-order valence-electron chi connectivity index (χ1n) is 7.98. The predicted octanol–water partition coefficient (Wildman–Crippen LogP) is 0.862. The second-order valence-electron chi connectivity index (χ2n) is 6.54. The van der Waals surface area contributed by atoms with E-state index in [1.165, 1.54) is 0 Å². The van der Waals surface area contributed by atoms with E-state index >= 15 is 0 Å². The number of nitrogens with zero attached hydrogens (tertiary/aromatic N) is 3. The fourth-order valence-electron chi connectivity index (χ4n) is 3.34. The van der Waals surface area contributed by atoms with E-state index in [1.807, 2.05) is 23.1 Å². The monoisotopic (exact) mass is 328 g/mol. The Kier molecular flexibility index (Phi) is 3.22. The Balaban J connectivity index is 1.90. The van der Waals surface area contributed by atoms with Crippen molar-refractivity contribution in [1.29, 1.82) is 0 Å². The zero-order chi connectivity index (χ0) is 16.9. The summed E-state index contributed by atoms with van der Waals surface area (Å²) in [4.78, 5) is 17.0. The number of likely N-dealkylation sites (N-methyl/N-ethyl adjacent to an activating group) is 1. The normalized spacial score (nSPS) is 17.5. The Labute approximate surface area is 138 Å². The van der Waals surface area contributed by atoms with Crippen molar-refractivity contribution in [1.82, 2.24) is 4.98 Å². The van der Waals surface area contributed by atoms with Gasteiger partial charge in [-0.2, -0.15) is 4.65 Å². The molecule has 7 heteroatoms. The first-order valence-corrected chi connectivity index (χ1v) is 7.98. The summed E-state index contributed by atoms with van der Waals surface area (Å²) in [5.74, 6) is 0.652. The largest absolute Gasteiger partial charge is 0.349 e. The van der Waals surface area contributed by atoms with Crippen molar-refractivity contribution < 1.29 is 19.8 Å². The first kappa shape index (κ1) is 14.9. The van der Waals surface area contributed by atoms with Crippen molar-refractivity contribution >= 4 is 27.6 Å². The number of hydroxylamine groups is 3. The number of anilines is 1. The Morgan fingerprint density at radius 3 is 2.50 bits per heavy atom. The van der Waals surface area contributed by atoms with E-state index in [4.69, 9.17) is 0 Å². The van der Waals surface area contributed by atoms with Crippen LogP contribution in [0.25, 0.3) is 21.8 Å². The van der Waals surface area contributed by atoms with Gasteiger partial charge in [0.05, 0.1) is 18.0 Å². The van der Waals surface area contributed by atoms with Gasteiger partial charge in [-0.05, 0) is 22.9 Å². The SMILES string of the molecule is C[N+]1(O)CCN(c2ccc3[nH]c(=O)c4ccccc4c3[n+]2O)CC1. The van der Waals surface area contributed by atoms with Crippen LogP contribution in [-0.2, 0) is 0 Å². The Bertz CT molecular complexity index is 986. The number of rotatable bonds is 1. The van der Waals surface area contributed by atoms with Gasteiger partial charge < -0.3 is 10.2 Å². The molecular formula is C17H20N4O3+2. The molecule has 1 aliphatic rings. The summed E-state index contributed by atoms with van der Waals surface area (Å²) in [5, 5.41) is 22.1. The highest BCUT2D eigenvalue weighted by Crippen LogP contribution is 2.21. The fourth-order valence-corrected chi connectivity index (χ4v) is 3.34. The maximum absolute atomic E-state index is 12.2. The minimum absolute atomic E-state index is 0.00817. The number of nitrogens with one attached hydrogen (secondary N) is 1. The predicted molar refractivity (Wildman–Crippen MR) is 89.4 cm³/mol. The van der Waals surface area contributed by atoms with Crippen molar-refractivity contribution in [3.05, 3.63) is 46.8 Å². The van der Waals surface area contributed by atoms with E-state index in [9.17, 15) is 15.2 Å². The van der Waals surface area contributed by atoms with Gasteiger partial charge in [0.1, 0.15) is 26.2 Å². The van der Waals surface area contributed by atoms with E-state index < -0.39 is 0 Å². The maximum Gasteiger partial charge on any atom is 0.317 e.